The van der Waals surface area contributed by atoms with E-state index in [1.165, 1.54) is 0 Å². The van der Waals surface area contributed by atoms with Crippen LogP contribution in [0.2, 0.25) is 0 Å². The van der Waals surface area contributed by atoms with Crippen molar-refractivity contribution in [2.24, 2.45) is 0 Å². The van der Waals surface area contributed by atoms with Crippen LogP contribution in [0.4, 0.5) is 11.6 Å². The summed E-state index contributed by atoms with van der Waals surface area (Å²) in [6.45, 7) is 7.52. The summed E-state index contributed by atoms with van der Waals surface area (Å²) < 4.78 is 0. The predicted molar refractivity (Wildman–Crippen MR) is 86.9 cm³/mol. The zero-order valence-electron chi connectivity index (χ0n) is 14.0. The van der Waals surface area contributed by atoms with Crippen molar-refractivity contribution in [2.45, 2.75) is 33.1 Å². The summed E-state index contributed by atoms with van der Waals surface area (Å²) in [7, 11) is 5.40. The summed E-state index contributed by atoms with van der Waals surface area (Å²) in [6, 6.07) is 0. The predicted octanol–water partition coefficient (Wildman–Crippen LogP) is 1.95. The number of hydrogen-bond donors (Lipinski definition) is 1. The first-order valence-electron chi connectivity index (χ1n) is 7.38. The van der Waals surface area contributed by atoms with Crippen molar-refractivity contribution in [3.05, 3.63) is 11.9 Å². The van der Waals surface area contributed by atoms with Crippen LogP contribution in [0.1, 0.15) is 38.7 Å². The van der Waals surface area contributed by atoms with Gasteiger partial charge in [-0.25, -0.2) is 9.97 Å². The Kier molecular flexibility index (Phi) is 6.39. The zero-order chi connectivity index (χ0) is 16.0. The van der Waals surface area contributed by atoms with E-state index in [1.54, 1.807) is 25.3 Å². The summed E-state index contributed by atoms with van der Waals surface area (Å²) >= 11 is 0. The SMILES string of the molecule is CCCNc1ncnc(N(C)CC(=O)N(C)C)c1C(C)C. The van der Waals surface area contributed by atoms with E-state index in [4.69, 9.17) is 0 Å². The highest BCUT2D eigenvalue weighted by Gasteiger charge is 2.19. The maximum atomic E-state index is 11.9. The van der Waals surface area contributed by atoms with E-state index in [2.05, 4.69) is 36.1 Å². The fraction of sp³-hybridized carbons (Fsp3) is 0.667. The van der Waals surface area contributed by atoms with Gasteiger partial charge < -0.3 is 15.1 Å². The lowest BCUT2D eigenvalue weighted by Crippen LogP contribution is -2.35. The number of amides is 1. The fourth-order valence-corrected chi connectivity index (χ4v) is 2.03. The molecule has 0 fully saturated rings. The molecule has 1 heterocycles. The van der Waals surface area contributed by atoms with Crippen LogP contribution in [-0.2, 0) is 4.79 Å². The molecule has 0 saturated carbocycles. The molecule has 0 aliphatic rings. The lowest BCUT2D eigenvalue weighted by atomic mass is 10.0. The van der Waals surface area contributed by atoms with Gasteiger partial charge in [-0.15, -0.1) is 0 Å². The van der Waals surface area contributed by atoms with Crippen molar-refractivity contribution < 1.29 is 4.79 Å². The van der Waals surface area contributed by atoms with Gasteiger partial charge in [0.2, 0.25) is 5.91 Å². The number of carbonyl (C=O) groups excluding carboxylic acids is 1. The number of rotatable bonds is 7. The minimum atomic E-state index is 0.0499. The topological polar surface area (TPSA) is 61.4 Å². The van der Waals surface area contributed by atoms with E-state index in [-0.39, 0.29) is 11.8 Å². The molecule has 1 N–H and O–H groups in total. The van der Waals surface area contributed by atoms with Crippen LogP contribution in [-0.4, -0.2) is 55.0 Å². The molecular formula is C15H27N5O. The van der Waals surface area contributed by atoms with Gasteiger partial charge >= 0.3 is 0 Å². The molecule has 6 nitrogen and oxygen atoms in total. The quantitative estimate of drug-likeness (QED) is 0.832. The first-order valence-corrected chi connectivity index (χ1v) is 7.38. The standard InChI is InChI=1S/C15H27N5O/c1-7-8-16-14-13(11(2)3)15(18-10-17-14)20(6)9-12(21)19(4)5/h10-11H,7-9H2,1-6H3,(H,16,17,18). The van der Waals surface area contributed by atoms with Crippen LogP contribution < -0.4 is 10.2 Å². The fourth-order valence-electron chi connectivity index (χ4n) is 2.03. The van der Waals surface area contributed by atoms with Gasteiger partial charge in [-0.05, 0) is 12.3 Å². The molecule has 1 amide bonds. The lowest BCUT2D eigenvalue weighted by Gasteiger charge is -2.25. The number of carbonyl (C=O) groups is 1. The molecule has 21 heavy (non-hydrogen) atoms. The Morgan fingerprint density at radius 2 is 1.95 bits per heavy atom. The Hall–Kier alpha value is -1.85. The Morgan fingerprint density at radius 3 is 2.48 bits per heavy atom. The highest BCUT2D eigenvalue weighted by molar-refractivity contribution is 5.81. The maximum absolute atomic E-state index is 11.9. The van der Waals surface area contributed by atoms with E-state index in [9.17, 15) is 4.79 Å². The van der Waals surface area contributed by atoms with Gasteiger partial charge in [0.25, 0.3) is 0 Å². The minimum Gasteiger partial charge on any atom is -0.370 e. The molecular weight excluding hydrogens is 266 g/mol. The van der Waals surface area contributed by atoms with Crippen molar-refractivity contribution in [1.29, 1.82) is 0 Å². The van der Waals surface area contributed by atoms with Gasteiger partial charge in [-0.3, -0.25) is 4.79 Å². The van der Waals surface area contributed by atoms with Crippen molar-refractivity contribution >= 4 is 17.5 Å². The number of likely N-dealkylation sites (N-methyl/N-ethyl adjacent to an activating group) is 2. The number of nitrogens with one attached hydrogen (secondary N) is 1. The van der Waals surface area contributed by atoms with Gasteiger partial charge in [0.1, 0.15) is 18.0 Å². The minimum absolute atomic E-state index is 0.0499. The second-order valence-corrected chi connectivity index (χ2v) is 5.69. The monoisotopic (exact) mass is 293 g/mol. The van der Waals surface area contributed by atoms with Crippen LogP contribution in [0.5, 0.6) is 0 Å². The molecule has 0 atom stereocenters. The third kappa shape index (κ3) is 4.58. The largest absolute Gasteiger partial charge is 0.370 e. The summed E-state index contributed by atoms with van der Waals surface area (Å²) in [5.41, 5.74) is 1.06. The smallest absolute Gasteiger partial charge is 0.241 e. The molecule has 0 aliphatic carbocycles. The van der Waals surface area contributed by atoms with Crippen molar-refractivity contribution in [1.82, 2.24) is 14.9 Å². The van der Waals surface area contributed by atoms with Crippen LogP contribution in [0, 0.1) is 0 Å². The highest BCUT2D eigenvalue weighted by atomic mass is 16.2. The molecule has 1 rings (SSSR count). The van der Waals surface area contributed by atoms with Crippen LogP contribution in [0.3, 0.4) is 0 Å². The summed E-state index contributed by atoms with van der Waals surface area (Å²) in [6.07, 6.45) is 2.58. The van der Waals surface area contributed by atoms with E-state index < -0.39 is 0 Å². The van der Waals surface area contributed by atoms with E-state index in [1.807, 2.05) is 11.9 Å². The average Bonchev–Trinajstić information content (AvgIpc) is 2.43. The lowest BCUT2D eigenvalue weighted by molar-refractivity contribution is -0.127. The maximum Gasteiger partial charge on any atom is 0.241 e. The molecule has 1 aromatic heterocycles. The third-order valence-corrected chi connectivity index (χ3v) is 3.22. The number of aromatic nitrogens is 2. The van der Waals surface area contributed by atoms with Crippen LogP contribution >= 0.6 is 0 Å². The van der Waals surface area contributed by atoms with E-state index in [0.717, 1.165) is 30.2 Å². The first-order chi connectivity index (χ1) is 9.88. The molecule has 0 aliphatic heterocycles. The second-order valence-electron chi connectivity index (χ2n) is 5.69. The normalized spacial score (nSPS) is 10.6. The van der Waals surface area contributed by atoms with Crippen LogP contribution in [0.15, 0.2) is 6.33 Å². The molecule has 6 heteroatoms. The van der Waals surface area contributed by atoms with E-state index in [0.29, 0.717) is 6.54 Å². The van der Waals surface area contributed by atoms with Gasteiger partial charge in [-0.1, -0.05) is 20.8 Å². The molecule has 1 aromatic rings. The van der Waals surface area contributed by atoms with E-state index >= 15 is 0 Å². The zero-order valence-corrected chi connectivity index (χ0v) is 14.0. The van der Waals surface area contributed by atoms with Gasteiger partial charge in [0.05, 0.1) is 6.54 Å². The van der Waals surface area contributed by atoms with Crippen molar-refractivity contribution in [3.63, 3.8) is 0 Å². The van der Waals surface area contributed by atoms with Crippen LogP contribution in [0.25, 0.3) is 0 Å². The molecule has 0 aromatic carbocycles. The van der Waals surface area contributed by atoms with Crippen molar-refractivity contribution in [2.75, 3.05) is 44.4 Å². The first kappa shape index (κ1) is 17.2. The Labute approximate surface area is 127 Å². The number of hydrogen-bond acceptors (Lipinski definition) is 5. The Morgan fingerprint density at radius 1 is 1.29 bits per heavy atom. The molecule has 0 radical (unpaired) electrons. The highest BCUT2D eigenvalue weighted by Crippen LogP contribution is 2.30. The number of nitrogens with zero attached hydrogens (tertiary/aromatic N) is 4. The summed E-state index contributed by atoms with van der Waals surface area (Å²) in [5.74, 6) is 2.00. The van der Waals surface area contributed by atoms with Gasteiger partial charge in [-0.2, -0.15) is 0 Å². The Balaban J connectivity index is 3.07. The molecule has 118 valence electrons. The number of anilines is 2. The molecule has 0 spiro atoms. The van der Waals surface area contributed by atoms with Gasteiger partial charge in [0, 0.05) is 33.3 Å². The Bertz CT molecular complexity index is 473. The van der Waals surface area contributed by atoms with Crippen molar-refractivity contribution in [3.8, 4) is 0 Å². The average molecular weight is 293 g/mol. The summed E-state index contributed by atoms with van der Waals surface area (Å²) in [5, 5.41) is 3.34. The molecule has 0 saturated heterocycles. The van der Waals surface area contributed by atoms with Gasteiger partial charge in [0.15, 0.2) is 0 Å². The molecule has 0 bridgehead atoms. The third-order valence-electron chi connectivity index (χ3n) is 3.22. The summed E-state index contributed by atoms with van der Waals surface area (Å²) in [4.78, 5) is 24.1. The second kappa shape index (κ2) is 7.81. The molecule has 0 unspecified atom stereocenters.